The Balaban J connectivity index is 2.24. The van der Waals surface area contributed by atoms with Crippen molar-refractivity contribution in [3.8, 4) is 5.75 Å². The van der Waals surface area contributed by atoms with E-state index < -0.39 is 0 Å². The zero-order valence-electron chi connectivity index (χ0n) is 11.9. The SMILES string of the molecule is CC(C)CC(C)OCCOc1ccc(C(N)=S)cc1. The first-order valence-corrected chi connectivity index (χ1v) is 7.04. The first-order chi connectivity index (χ1) is 8.99. The largest absolute Gasteiger partial charge is 0.491 e. The highest BCUT2D eigenvalue weighted by Crippen LogP contribution is 2.12. The number of rotatable bonds is 8. The molecule has 1 aromatic rings. The molecule has 0 aliphatic rings. The molecule has 3 nitrogen and oxygen atoms in total. The molecule has 1 unspecified atom stereocenters. The summed E-state index contributed by atoms with van der Waals surface area (Å²) < 4.78 is 11.3. The zero-order chi connectivity index (χ0) is 14.3. The minimum Gasteiger partial charge on any atom is -0.491 e. The van der Waals surface area contributed by atoms with Crippen molar-refractivity contribution in [2.24, 2.45) is 11.7 Å². The van der Waals surface area contributed by atoms with Crippen LogP contribution in [0.3, 0.4) is 0 Å². The summed E-state index contributed by atoms with van der Waals surface area (Å²) in [5.41, 5.74) is 6.38. The summed E-state index contributed by atoms with van der Waals surface area (Å²) in [6, 6.07) is 7.46. The molecule has 0 amide bonds. The first-order valence-electron chi connectivity index (χ1n) is 6.63. The van der Waals surface area contributed by atoms with E-state index in [-0.39, 0.29) is 6.10 Å². The fourth-order valence-corrected chi connectivity index (χ4v) is 1.99. The first kappa shape index (κ1) is 15.9. The van der Waals surface area contributed by atoms with Gasteiger partial charge < -0.3 is 15.2 Å². The topological polar surface area (TPSA) is 44.5 Å². The number of nitrogens with two attached hydrogens (primary N) is 1. The molecule has 19 heavy (non-hydrogen) atoms. The van der Waals surface area contributed by atoms with E-state index in [1.54, 1.807) is 0 Å². The Labute approximate surface area is 121 Å². The van der Waals surface area contributed by atoms with Crippen LogP contribution in [0.1, 0.15) is 32.8 Å². The average molecular weight is 281 g/mol. The van der Waals surface area contributed by atoms with Crippen molar-refractivity contribution in [2.45, 2.75) is 33.3 Å². The molecule has 0 radical (unpaired) electrons. The van der Waals surface area contributed by atoms with Gasteiger partial charge in [0.2, 0.25) is 0 Å². The van der Waals surface area contributed by atoms with Gasteiger partial charge >= 0.3 is 0 Å². The summed E-state index contributed by atoms with van der Waals surface area (Å²) in [6.45, 7) is 7.64. The maximum Gasteiger partial charge on any atom is 0.119 e. The van der Waals surface area contributed by atoms with E-state index in [9.17, 15) is 0 Å². The smallest absolute Gasteiger partial charge is 0.119 e. The fourth-order valence-electron chi connectivity index (χ4n) is 1.86. The van der Waals surface area contributed by atoms with Crippen LogP contribution in [0, 0.1) is 5.92 Å². The molecule has 0 fully saturated rings. The Bertz CT molecular complexity index is 390. The number of thiocarbonyl (C=S) groups is 1. The number of hydrogen-bond acceptors (Lipinski definition) is 3. The molecule has 0 heterocycles. The Hall–Kier alpha value is -1.13. The second kappa shape index (κ2) is 8.12. The molecular formula is C15H23NO2S. The summed E-state index contributed by atoms with van der Waals surface area (Å²) in [5.74, 6) is 1.46. The third-order valence-corrected chi connectivity index (χ3v) is 2.93. The van der Waals surface area contributed by atoms with Gasteiger partial charge in [0, 0.05) is 5.56 Å². The molecule has 0 saturated carbocycles. The van der Waals surface area contributed by atoms with Gasteiger partial charge in [-0.25, -0.2) is 0 Å². The minimum atomic E-state index is 0.278. The Kier molecular flexibility index (Phi) is 6.81. The van der Waals surface area contributed by atoms with Gasteiger partial charge in [-0.15, -0.1) is 0 Å². The lowest BCUT2D eigenvalue weighted by Gasteiger charge is -2.15. The van der Waals surface area contributed by atoms with Crippen LogP contribution in [0.5, 0.6) is 5.75 Å². The zero-order valence-corrected chi connectivity index (χ0v) is 12.7. The van der Waals surface area contributed by atoms with E-state index in [0.717, 1.165) is 17.7 Å². The Morgan fingerprint density at radius 1 is 1.16 bits per heavy atom. The van der Waals surface area contributed by atoms with Gasteiger partial charge in [0.15, 0.2) is 0 Å². The van der Waals surface area contributed by atoms with E-state index in [1.165, 1.54) is 0 Å². The lowest BCUT2D eigenvalue weighted by molar-refractivity contribution is 0.0331. The summed E-state index contributed by atoms with van der Waals surface area (Å²) in [7, 11) is 0. The molecular weight excluding hydrogens is 258 g/mol. The molecule has 0 saturated heterocycles. The van der Waals surface area contributed by atoms with Crippen molar-refractivity contribution in [3.63, 3.8) is 0 Å². The molecule has 0 aliphatic heterocycles. The van der Waals surface area contributed by atoms with Crippen molar-refractivity contribution in [3.05, 3.63) is 29.8 Å². The lowest BCUT2D eigenvalue weighted by atomic mass is 10.1. The third-order valence-electron chi connectivity index (χ3n) is 2.70. The van der Waals surface area contributed by atoms with E-state index in [2.05, 4.69) is 20.8 Å². The van der Waals surface area contributed by atoms with E-state index in [0.29, 0.717) is 24.1 Å². The minimum absolute atomic E-state index is 0.278. The Morgan fingerprint density at radius 2 is 1.79 bits per heavy atom. The molecule has 0 aliphatic carbocycles. The van der Waals surface area contributed by atoms with Crippen LogP contribution in [0.25, 0.3) is 0 Å². The average Bonchev–Trinajstić information content (AvgIpc) is 2.34. The summed E-state index contributed by atoms with van der Waals surface area (Å²) in [6.07, 6.45) is 1.35. The highest BCUT2D eigenvalue weighted by Gasteiger charge is 2.05. The van der Waals surface area contributed by atoms with Crippen LogP contribution < -0.4 is 10.5 Å². The van der Waals surface area contributed by atoms with Crippen molar-refractivity contribution in [1.82, 2.24) is 0 Å². The maximum atomic E-state index is 5.67. The van der Waals surface area contributed by atoms with Gasteiger partial charge in [-0.1, -0.05) is 26.1 Å². The predicted octanol–water partition coefficient (Wildman–Crippen LogP) is 3.15. The van der Waals surface area contributed by atoms with Crippen molar-refractivity contribution >= 4 is 17.2 Å². The van der Waals surface area contributed by atoms with Crippen LogP contribution in [0.15, 0.2) is 24.3 Å². The molecule has 4 heteroatoms. The maximum absolute atomic E-state index is 5.67. The van der Waals surface area contributed by atoms with Gasteiger partial charge in [-0.05, 0) is 43.5 Å². The van der Waals surface area contributed by atoms with E-state index >= 15 is 0 Å². The summed E-state index contributed by atoms with van der Waals surface area (Å²) in [4.78, 5) is 0.400. The van der Waals surface area contributed by atoms with Crippen molar-refractivity contribution < 1.29 is 9.47 Å². The second-order valence-electron chi connectivity index (χ2n) is 5.05. The Morgan fingerprint density at radius 3 is 2.32 bits per heavy atom. The molecule has 106 valence electrons. The number of benzene rings is 1. The molecule has 2 N–H and O–H groups in total. The van der Waals surface area contributed by atoms with Gasteiger partial charge in [0.1, 0.15) is 17.3 Å². The quantitative estimate of drug-likeness (QED) is 0.587. The van der Waals surface area contributed by atoms with E-state index in [1.807, 2.05) is 24.3 Å². The monoisotopic (exact) mass is 281 g/mol. The predicted molar refractivity (Wildman–Crippen MR) is 82.7 cm³/mol. The third kappa shape index (κ3) is 6.55. The van der Waals surface area contributed by atoms with Gasteiger partial charge in [0.25, 0.3) is 0 Å². The molecule has 1 atom stereocenters. The van der Waals surface area contributed by atoms with Crippen LogP contribution in [0.2, 0.25) is 0 Å². The van der Waals surface area contributed by atoms with Crippen molar-refractivity contribution in [1.29, 1.82) is 0 Å². The van der Waals surface area contributed by atoms with Crippen molar-refractivity contribution in [2.75, 3.05) is 13.2 Å². The molecule has 1 rings (SSSR count). The molecule has 1 aromatic carbocycles. The second-order valence-corrected chi connectivity index (χ2v) is 5.49. The van der Waals surface area contributed by atoms with Crippen LogP contribution >= 0.6 is 12.2 Å². The van der Waals surface area contributed by atoms with E-state index in [4.69, 9.17) is 27.4 Å². The molecule has 0 spiro atoms. The lowest BCUT2D eigenvalue weighted by Crippen LogP contribution is -2.16. The summed E-state index contributed by atoms with van der Waals surface area (Å²) in [5, 5.41) is 0. The standard InChI is InChI=1S/C15H23NO2S/c1-11(2)10-12(3)17-8-9-18-14-6-4-13(5-7-14)15(16)19/h4-7,11-12H,8-10H2,1-3H3,(H2,16,19). The molecule has 0 bridgehead atoms. The highest BCUT2D eigenvalue weighted by molar-refractivity contribution is 7.80. The molecule has 0 aromatic heterocycles. The van der Waals surface area contributed by atoms with Crippen LogP contribution in [-0.2, 0) is 4.74 Å². The highest BCUT2D eigenvalue weighted by atomic mass is 32.1. The van der Waals surface area contributed by atoms with Gasteiger partial charge in [0.05, 0.1) is 12.7 Å². The normalized spacial score (nSPS) is 12.4. The number of ether oxygens (including phenoxy) is 2. The number of hydrogen-bond donors (Lipinski definition) is 1. The van der Waals surface area contributed by atoms with Crippen LogP contribution in [0.4, 0.5) is 0 Å². The van der Waals surface area contributed by atoms with Crippen LogP contribution in [-0.4, -0.2) is 24.3 Å². The fraction of sp³-hybridized carbons (Fsp3) is 0.533. The van der Waals surface area contributed by atoms with Gasteiger partial charge in [-0.3, -0.25) is 0 Å². The summed E-state index contributed by atoms with van der Waals surface area (Å²) >= 11 is 4.89. The van der Waals surface area contributed by atoms with Gasteiger partial charge in [-0.2, -0.15) is 0 Å².